The first kappa shape index (κ1) is 17.3. The summed E-state index contributed by atoms with van der Waals surface area (Å²) in [6, 6.07) is 11.7. The normalized spacial score (nSPS) is 16.8. The largest absolute Gasteiger partial charge is 0.416 e. The molecule has 7 heteroatoms. The number of carbonyl (C=O) groups excluding carboxylic acids is 2. The van der Waals surface area contributed by atoms with Gasteiger partial charge in [-0.2, -0.15) is 13.2 Å². The number of alkyl halides is 3. The molecule has 2 amide bonds. The lowest BCUT2D eigenvalue weighted by Gasteiger charge is -2.13. The maximum absolute atomic E-state index is 13.1. The number of benzene rings is 2. The summed E-state index contributed by atoms with van der Waals surface area (Å²) in [4.78, 5) is 25.6. The molecule has 0 radical (unpaired) electrons. The van der Waals surface area contributed by atoms with E-state index in [0.717, 1.165) is 22.6 Å². The first-order valence-electron chi connectivity index (χ1n) is 7.28. The second-order valence-electron chi connectivity index (χ2n) is 5.44. The number of halogens is 3. The SMILES string of the molecule is Cc1cccc(N2C(=O)S/C(=C\c3ccccc3C(F)(F)F)C2=O)c1. The van der Waals surface area contributed by atoms with Crippen LogP contribution in [0.25, 0.3) is 6.08 Å². The van der Waals surface area contributed by atoms with E-state index in [9.17, 15) is 22.8 Å². The Hall–Kier alpha value is -2.54. The van der Waals surface area contributed by atoms with E-state index in [1.165, 1.54) is 18.2 Å². The van der Waals surface area contributed by atoms with Crippen molar-refractivity contribution in [1.29, 1.82) is 0 Å². The smallest absolute Gasteiger partial charge is 0.268 e. The van der Waals surface area contributed by atoms with Crippen LogP contribution in [-0.2, 0) is 11.0 Å². The van der Waals surface area contributed by atoms with Gasteiger partial charge in [0.1, 0.15) is 0 Å². The second kappa shape index (κ2) is 6.40. The molecule has 1 saturated heterocycles. The lowest BCUT2D eigenvalue weighted by atomic mass is 10.1. The number of nitrogens with zero attached hydrogens (tertiary/aromatic N) is 1. The van der Waals surface area contributed by atoms with Crippen molar-refractivity contribution < 1.29 is 22.8 Å². The minimum absolute atomic E-state index is 0.0387. The minimum Gasteiger partial charge on any atom is -0.268 e. The molecule has 0 saturated carbocycles. The van der Waals surface area contributed by atoms with Gasteiger partial charge in [0.2, 0.25) is 0 Å². The van der Waals surface area contributed by atoms with Crippen LogP contribution in [0.5, 0.6) is 0 Å². The molecule has 1 heterocycles. The Labute approximate surface area is 146 Å². The Morgan fingerprint density at radius 3 is 2.44 bits per heavy atom. The first-order chi connectivity index (χ1) is 11.8. The van der Waals surface area contributed by atoms with Crippen LogP contribution in [0.3, 0.4) is 0 Å². The van der Waals surface area contributed by atoms with Crippen molar-refractivity contribution in [3.8, 4) is 0 Å². The average molecular weight is 363 g/mol. The van der Waals surface area contributed by atoms with Crippen molar-refractivity contribution in [2.75, 3.05) is 4.90 Å². The van der Waals surface area contributed by atoms with Gasteiger partial charge in [0.15, 0.2) is 0 Å². The molecule has 0 unspecified atom stereocenters. The van der Waals surface area contributed by atoms with Crippen LogP contribution < -0.4 is 4.90 Å². The van der Waals surface area contributed by atoms with E-state index in [0.29, 0.717) is 17.4 Å². The summed E-state index contributed by atoms with van der Waals surface area (Å²) in [7, 11) is 0. The van der Waals surface area contributed by atoms with Crippen molar-refractivity contribution in [3.05, 3.63) is 70.1 Å². The number of hydrogen-bond donors (Lipinski definition) is 0. The molecule has 0 N–H and O–H groups in total. The van der Waals surface area contributed by atoms with Gasteiger partial charge >= 0.3 is 6.18 Å². The highest BCUT2D eigenvalue weighted by Crippen LogP contribution is 2.38. The summed E-state index contributed by atoms with van der Waals surface area (Å²) in [6.07, 6.45) is -3.43. The number of anilines is 1. The van der Waals surface area contributed by atoms with Crippen LogP contribution in [0.4, 0.5) is 23.7 Å². The molecule has 1 fully saturated rings. The molecule has 1 aliphatic rings. The van der Waals surface area contributed by atoms with Gasteiger partial charge in [-0.05, 0) is 54.1 Å². The Kier molecular flexibility index (Phi) is 4.43. The Morgan fingerprint density at radius 2 is 1.76 bits per heavy atom. The van der Waals surface area contributed by atoms with Crippen LogP contribution in [0.2, 0.25) is 0 Å². The molecule has 1 aliphatic heterocycles. The molecule has 3 rings (SSSR count). The number of aryl methyl sites for hydroxylation is 1. The fourth-order valence-electron chi connectivity index (χ4n) is 2.48. The van der Waals surface area contributed by atoms with Gasteiger partial charge in [0, 0.05) is 0 Å². The lowest BCUT2D eigenvalue weighted by Crippen LogP contribution is -2.27. The molecule has 2 aromatic rings. The maximum atomic E-state index is 13.1. The number of rotatable bonds is 2. The quantitative estimate of drug-likeness (QED) is 0.684. The summed E-state index contributed by atoms with van der Waals surface area (Å²) < 4.78 is 39.3. The van der Waals surface area contributed by atoms with Crippen molar-refractivity contribution >= 4 is 34.7 Å². The summed E-state index contributed by atoms with van der Waals surface area (Å²) in [5, 5.41) is -0.536. The van der Waals surface area contributed by atoms with Crippen LogP contribution in [0, 0.1) is 6.92 Å². The zero-order chi connectivity index (χ0) is 18.2. The van der Waals surface area contributed by atoms with E-state index >= 15 is 0 Å². The van der Waals surface area contributed by atoms with Crippen LogP contribution in [-0.4, -0.2) is 11.1 Å². The summed E-state index contributed by atoms with van der Waals surface area (Å²) >= 11 is 0.628. The summed E-state index contributed by atoms with van der Waals surface area (Å²) in [6.45, 7) is 1.82. The van der Waals surface area contributed by atoms with Crippen molar-refractivity contribution in [3.63, 3.8) is 0 Å². The molecule has 0 aromatic heterocycles. The van der Waals surface area contributed by atoms with Gasteiger partial charge in [-0.25, -0.2) is 4.90 Å². The van der Waals surface area contributed by atoms with Gasteiger partial charge < -0.3 is 0 Å². The maximum Gasteiger partial charge on any atom is 0.416 e. The highest BCUT2D eigenvalue weighted by molar-refractivity contribution is 8.19. The van der Waals surface area contributed by atoms with Crippen LogP contribution in [0.15, 0.2) is 53.4 Å². The molecule has 3 nitrogen and oxygen atoms in total. The van der Waals surface area contributed by atoms with Crippen LogP contribution in [0.1, 0.15) is 16.7 Å². The molecule has 128 valence electrons. The van der Waals surface area contributed by atoms with E-state index in [1.54, 1.807) is 18.2 Å². The van der Waals surface area contributed by atoms with Gasteiger partial charge in [-0.1, -0.05) is 30.3 Å². The fourth-order valence-corrected chi connectivity index (χ4v) is 3.31. The molecular formula is C18H12F3NO2S. The number of imide groups is 1. The first-order valence-corrected chi connectivity index (χ1v) is 8.10. The van der Waals surface area contributed by atoms with E-state index in [2.05, 4.69) is 0 Å². The van der Waals surface area contributed by atoms with E-state index in [-0.39, 0.29) is 10.5 Å². The monoisotopic (exact) mass is 363 g/mol. The number of carbonyl (C=O) groups is 2. The van der Waals surface area contributed by atoms with E-state index in [4.69, 9.17) is 0 Å². The number of amides is 2. The molecular weight excluding hydrogens is 351 g/mol. The van der Waals surface area contributed by atoms with Gasteiger partial charge in [-0.15, -0.1) is 0 Å². The third-order valence-electron chi connectivity index (χ3n) is 3.61. The minimum atomic E-state index is -4.54. The summed E-state index contributed by atoms with van der Waals surface area (Å²) in [5.74, 6) is -0.627. The second-order valence-corrected chi connectivity index (χ2v) is 6.43. The van der Waals surface area contributed by atoms with E-state index in [1.807, 2.05) is 13.0 Å². The van der Waals surface area contributed by atoms with Gasteiger partial charge in [-0.3, -0.25) is 9.59 Å². The van der Waals surface area contributed by atoms with Crippen molar-refractivity contribution in [2.45, 2.75) is 13.1 Å². The molecule has 2 aromatic carbocycles. The highest BCUT2D eigenvalue weighted by Gasteiger charge is 2.38. The summed E-state index contributed by atoms with van der Waals surface area (Å²) in [5.41, 5.74) is 0.264. The number of hydrogen-bond acceptors (Lipinski definition) is 3. The predicted octanol–water partition coefficient (Wildman–Crippen LogP) is 5.25. The fraction of sp³-hybridized carbons (Fsp3) is 0.111. The zero-order valence-electron chi connectivity index (χ0n) is 13.0. The van der Waals surface area contributed by atoms with Crippen molar-refractivity contribution in [1.82, 2.24) is 0 Å². The molecule has 0 spiro atoms. The van der Waals surface area contributed by atoms with Crippen molar-refractivity contribution in [2.24, 2.45) is 0 Å². The topological polar surface area (TPSA) is 37.4 Å². The van der Waals surface area contributed by atoms with E-state index < -0.39 is 22.9 Å². The van der Waals surface area contributed by atoms with Gasteiger partial charge in [0.25, 0.3) is 11.1 Å². The predicted molar refractivity (Wildman–Crippen MR) is 91.1 cm³/mol. The zero-order valence-corrected chi connectivity index (χ0v) is 13.8. The number of thioether (sulfide) groups is 1. The van der Waals surface area contributed by atoms with Crippen LogP contribution >= 0.6 is 11.8 Å². The lowest BCUT2D eigenvalue weighted by molar-refractivity contribution is -0.137. The third kappa shape index (κ3) is 3.46. The average Bonchev–Trinajstić information content (AvgIpc) is 2.81. The highest BCUT2D eigenvalue weighted by atomic mass is 32.2. The Balaban J connectivity index is 2.00. The Bertz CT molecular complexity index is 890. The molecule has 0 atom stereocenters. The van der Waals surface area contributed by atoms with Gasteiger partial charge in [0.05, 0.1) is 16.2 Å². The Morgan fingerprint density at radius 1 is 1.04 bits per heavy atom. The standard InChI is InChI=1S/C18H12F3NO2S/c1-11-5-4-7-13(9-11)22-16(23)15(25-17(22)24)10-12-6-2-3-8-14(12)18(19,20)21/h2-10H,1H3/b15-10-. The molecule has 25 heavy (non-hydrogen) atoms. The molecule has 0 aliphatic carbocycles. The third-order valence-corrected chi connectivity index (χ3v) is 4.48. The molecule has 0 bridgehead atoms.